The fourth-order valence-corrected chi connectivity index (χ4v) is 2.19. The molecule has 18 heavy (non-hydrogen) atoms. The highest BCUT2D eigenvalue weighted by Gasteiger charge is 2.20. The Bertz CT molecular complexity index is 323. The Labute approximate surface area is 112 Å². The summed E-state index contributed by atoms with van der Waals surface area (Å²) in [5.41, 5.74) is 0.709. The predicted molar refractivity (Wildman–Crippen MR) is 73.4 cm³/mol. The second-order valence-electron chi connectivity index (χ2n) is 4.30. The lowest BCUT2D eigenvalue weighted by Crippen LogP contribution is -2.28. The summed E-state index contributed by atoms with van der Waals surface area (Å²) in [6, 6.07) is 3.41. The summed E-state index contributed by atoms with van der Waals surface area (Å²) < 4.78 is 0. The average molecular weight is 271 g/mol. The van der Waals surface area contributed by atoms with Crippen LogP contribution in [0.2, 0.25) is 0 Å². The van der Waals surface area contributed by atoms with E-state index in [1.165, 1.54) is 0 Å². The third-order valence-corrected chi connectivity index (χ3v) is 3.55. The maximum absolute atomic E-state index is 9.91. The topological polar surface area (TPSA) is 73.6 Å². The van der Waals surface area contributed by atoms with Gasteiger partial charge in [-0.3, -0.25) is 4.98 Å². The number of rotatable bonds is 8. The molecule has 1 aromatic heterocycles. The predicted octanol–water partition coefficient (Wildman–Crippen LogP) is 1.37. The summed E-state index contributed by atoms with van der Waals surface area (Å²) in [5.74, 6) is 0.969. The van der Waals surface area contributed by atoms with Crippen molar-refractivity contribution in [3.05, 3.63) is 30.1 Å². The van der Waals surface area contributed by atoms with Crippen molar-refractivity contribution in [3.63, 3.8) is 0 Å². The molecule has 0 aliphatic rings. The molecule has 102 valence electrons. The molecule has 5 heteroatoms. The smallest absolute Gasteiger partial charge is 0.0827 e. The Morgan fingerprint density at radius 1 is 1.17 bits per heavy atom. The highest BCUT2D eigenvalue weighted by molar-refractivity contribution is 7.98. The SMILES string of the molecule is CSCCCC(O)C(O)CC(O)c1ccncc1. The lowest BCUT2D eigenvalue weighted by atomic mass is 9.99. The van der Waals surface area contributed by atoms with Crippen molar-refractivity contribution in [1.82, 2.24) is 4.98 Å². The van der Waals surface area contributed by atoms with Crippen LogP contribution in [0.4, 0.5) is 0 Å². The van der Waals surface area contributed by atoms with Gasteiger partial charge in [-0.2, -0.15) is 11.8 Å². The quantitative estimate of drug-likeness (QED) is 0.623. The Hall–Kier alpha value is -0.620. The Morgan fingerprint density at radius 3 is 2.44 bits per heavy atom. The number of aromatic nitrogens is 1. The number of aliphatic hydroxyl groups is 3. The first kappa shape index (κ1) is 15.4. The molecule has 0 radical (unpaired) electrons. The normalized spacial score (nSPS) is 16.2. The van der Waals surface area contributed by atoms with E-state index in [2.05, 4.69) is 4.98 Å². The molecule has 0 saturated carbocycles. The Balaban J connectivity index is 2.37. The van der Waals surface area contributed by atoms with E-state index in [4.69, 9.17) is 0 Å². The van der Waals surface area contributed by atoms with Crippen molar-refractivity contribution < 1.29 is 15.3 Å². The van der Waals surface area contributed by atoms with Crippen LogP contribution in [0.25, 0.3) is 0 Å². The maximum atomic E-state index is 9.91. The molecule has 0 aliphatic heterocycles. The molecule has 1 rings (SSSR count). The van der Waals surface area contributed by atoms with Gasteiger partial charge in [-0.05, 0) is 42.5 Å². The van der Waals surface area contributed by atoms with Gasteiger partial charge in [0.1, 0.15) is 0 Å². The van der Waals surface area contributed by atoms with Crippen LogP contribution in [0.1, 0.15) is 30.9 Å². The Kier molecular flexibility index (Phi) is 7.27. The molecule has 0 fully saturated rings. The minimum atomic E-state index is -0.893. The average Bonchev–Trinajstić information content (AvgIpc) is 2.39. The zero-order valence-corrected chi connectivity index (χ0v) is 11.4. The van der Waals surface area contributed by atoms with E-state index in [0.717, 1.165) is 12.2 Å². The fourth-order valence-electron chi connectivity index (χ4n) is 1.74. The standard InChI is InChI=1S/C13H21NO3S/c1-18-8-2-3-11(15)13(17)9-12(16)10-4-6-14-7-5-10/h4-7,11-13,15-17H,2-3,8-9H2,1H3. The summed E-state index contributed by atoms with van der Waals surface area (Å²) >= 11 is 1.72. The van der Waals surface area contributed by atoms with Crippen LogP contribution in [0, 0.1) is 0 Å². The second-order valence-corrected chi connectivity index (χ2v) is 5.29. The number of thioether (sulfide) groups is 1. The van der Waals surface area contributed by atoms with Gasteiger partial charge in [0.25, 0.3) is 0 Å². The number of nitrogens with zero attached hydrogens (tertiary/aromatic N) is 1. The van der Waals surface area contributed by atoms with Crippen molar-refractivity contribution in [1.29, 1.82) is 0 Å². The summed E-state index contributed by atoms with van der Waals surface area (Å²) in [7, 11) is 0. The van der Waals surface area contributed by atoms with E-state index in [-0.39, 0.29) is 6.42 Å². The van der Waals surface area contributed by atoms with Crippen LogP contribution in [0.5, 0.6) is 0 Å². The lowest BCUT2D eigenvalue weighted by Gasteiger charge is -2.20. The summed E-state index contributed by atoms with van der Waals surface area (Å²) in [5, 5.41) is 29.5. The molecule has 0 aromatic carbocycles. The summed E-state index contributed by atoms with van der Waals surface area (Å²) in [6.07, 6.45) is 4.34. The number of pyridine rings is 1. The van der Waals surface area contributed by atoms with E-state index in [0.29, 0.717) is 12.0 Å². The van der Waals surface area contributed by atoms with Gasteiger partial charge in [-0.15, -0.1) is 0 Å². The Morgan fingerprint density at radius 2 is 1.83 bits per heavy atom. The lowest BCUT2D eigenvalue weighted by molar-refractivity contribution is -0.0162. The molecule has 0 spiro atoms. The van der Waals surface area contributed by atoms with Gasteiger partial charge in [-0.1, -0.05) is 0 Å². The van der Waals surface area contributed by atoms with Crippen LogP contribution in [0.3, 0.4) is 0 Å². The third kappa shape index (κ3) is 5.35. The molecule has 3 N–H and O–H groups in total. The van der Waals surface area contributed by atoms with E-state index in [9.17, 15) is 15.3 Å². The molecule has 3 unspecified atom stereocenters. The molecule has 0 amide bonds. The molecule has 4 nitrogen and oxygen atoms in total. The minimum Gasteiger partial charge on any atom is -0.390 e. The first-order chi connectivity index (χ1) is 8.65. The van der Waals surface area contributed by atoms with Crippen molar-refractivity contribution in [3.8, 4) is 0 Å². The van der Waals surface area contributed by atoms with Gasteiger partial charge in [0, 0.05) is 18.8 Å². The molecular formula is C13H21NO3S. The second kappa shape index (κ2) is 8.48. The van der Waals surface area contributed by atoms with Crippen molar-refractivity contribution in [2.75, 3.05) is 12.0 Å². The van der Waals surface area contributed by atoms with Crippen LogP contribution in [0.15, 0.2) is 24.5 Å². The molecular weight excluding hydrogens is 250 g/mol. The largest absolute Gasteiger partial charge is 0.390 e. The molecule has 3 atom stereocenters. The summed E-state index contributed by atoms with van der Waals surface area (Å²) in [6.45, 7) is 0. The van der Waals surface area contributed by atoms with E-state index >= 15 is 0 Å². The van der Waals surface area contributed by atoms with Gasteiger partial charge >= 0.3 is 0 Å². The van der Waals surface area contributed by atoms with Crippen LogP contribution < -0.4 is 0 Å². The van der Waals surface area contributed by atoms with Gasteiger partial charge in [0.05, 0.1) is 18.3 Å². The van der Waals surface area contributed by atoms with Crippen molar-refractivity contribution in [2.24, 2.45) is 0 Å². The highest BCUT2D eigenvalue weighted by atomic mass is 32.2. The zero-order valence-electron chi connectivity index (χ0n) is 10.6. The molecule has 0 saturated heterocycles. The number of hydrogen-bond acceptors (Lipinski definition) is 5. The monoisotopic (exact) mass is 271 g/mol. The van der Waals surface area contributed by atoms with E-state index in [1.54, 1.807) is 36.3 Å². The van der Waals surface area contributed by atoms with E-state index < -0.39 is 18.3 Å². The van der Waals surface area contributed by atoms with E-state index in [1.807, 2.05) is 6.26 Å². The van der Waals surface area contributed by atoms with Crippen LogP contribution in [-0.4, -0.2) is 44.5 Å². The fraction of sp³-hybridized carbons (Fsp3) is 0.615. The van der Waals surface area contributed by atoms with Gasteiger partial charge in [0.2, 0.25) is 0 Å². The number of aliphatic hydroxyl groups excluding tert-OH is 3. The first-order valence-electron chi connectivity index (χ1n) is 6.08. The first-order valence-corrected chi connectivity index (χ1v) is 7.47. The van der Waals surface area contributed by atoms with Crippen LogP contribution >= 0.6 is 11.8 Å². The highest BCUT2D eigenvalue weighted by Crippen LogP contribution is 2.20. The van der Waals surface area contributed by atoms with Crippen molar-refractivity contribution >= 4 is 11.8 Å². The van der Waals surface area contributed by atoms with Gasteiger partial charge in [0.15, 0.2) is 0 Å². The van der Waals surface area contributed by atoms with Gasteiger partial charge in [-0.25, -0.2) is 0 Å². The van der Waals surface area contributed by atoms with Crippen molar-refractivity contribution in [2.45, 2.75) is 37.6 Å². The number of hydrogen-bond donors (Lipinski definition) is 3. The molecule has 0 bridgehead atoms. The zero-order chi connectivity index (χ0) is 13.4. The minimum absolute atomic E-state index is 0.143. The maximum Gasteiger partial charge on any atom is 0.0827 e. The third-order valence-electron chi connectivity index (χ3n) is 2.85. The molecule has 1 heterocycles. The molecule has 0 aliphatic carbocycles. The molecule has 1 aromatic rings. The van der Waals surface area contributed by atoms with Crippen LogP contribution in [-0.2, 0) is 0 Å². The van der Waals surface area contributed by atoms with Gasteiger partial charge < -0.3 is 15.3 Å². The summed E-state index contributed by atoms with van der Waals surface area (Å²) in [4.78, 5) is 3.87.